The first kappa shape index (κ1) is 13.2. The first-order valence-corrected chi connectivity index (χ1v) is 5.64. The van der Waals surface area contributed by atoms with Crippen molar-refractivity contribution in [2.75, 3.05) is 13.7 Å². The van der Waals surface area contributed by atoms with Gasteiger partial charge < -0.3 is 15.6 Å². The summed E-state index contributed by atoms with van der Waals surface area (Å²) in [5.41, 5.74) is 8.11. The molecule has 2 atom stereocenters. The largest absolute Gasteiger partial charge is 0.393 e. The number of benzene rings is 1. The highest BCUT2D eigenvalue weighted by Crippen LogP contribution is 2.24. The molecule has 0 aliphatic heterocycles. The number of rotatable bonds is 6. The van der Waals surface area contributed by atoms with Crippen LogP contribution in [0.25, 0.3) is 0 Å². The third-order valence-electron chi connectivity index (χ3n) is 2.70. The molecule has 1 aromatic rings. The summed E-state index contributed by atoms with van der Waals surface area (Å²) < 4.78 is 5.16. The van der Waals surface area contributed by atoms with E-state index in [-0.39, 0.29) is 12.0 Å². The zero-order valence-corrected chi connectivity index (χ0v) is 10.0. The summed E-state index contributed by atoms with van der Waals surface area (Å²) in [5, 5.41) is 9.45. The molecule has 3 heteroatoms. The van der Waals surface area contributed by atoms with Gasteiger partial charge in [-0.15, -0.1) is 0 Å². The minimum absolute atomic E-state index is 0.200. The summed E-state index contributed by atoms with van der Waals surface area (Å²) in [5.74, 6) is 0.200. The maximum Gasteiger partial charge on any atom is 0.0715 e. The van der Waals surface area contributed by atoms with Gasteiger partial charge in [0.05, 0.1) is 12.7 Å². The Morgan fingerprint density at radius 1 is 1.38 bits per heavy atom. The van der Waals surface area contributed by atoms with Crippen molar-refractivity contribution >= 4 is 0 Å². The van der Waals surface area contributed by atoms with Gasteiger partial charge in [-0.2, -0.15) is 0 Å². The van der Waals surface area contributed by atoms with Crippen molar-refractivity contribution in [3.63, 3.8) is 0 Å². The van der Waals surface area contributed by atoms with Gasteiger partial charge in [0, 0.05) is 7.11 Å². The molecule has 0 fully saturated rings. The predicted octanol–water partition coefficient (Wildman–Crippen LogP) is 1.65. The fraction of sp³-hybridized carbons (Fsp3) is 0.538. The lowest BCUT2D eigenvalue weighted by Crippen LogP contribution is -2.19. The Hall–Kier alpha value is -0.900. The molecule has 0 saturated heterocycles. The van der Waals surface area contributed by atoms with Gasteiger partial charge >= 0.3 is 0 Å². The number of hydrogen-bond acceptors (Lipinski definition) is 3. The number of hydrogen-bond donors (Lipinski definition) is 2. The van der Waals surface area contributed by atoms with Crippen LogP contribution < -0.4 is 5.73 Å². The Morgan fingerprint density at radius 3 is 2.62 bits per heavy atom. The highest BCUT2D eigenvalue weighted by Gasteiger charge is 2.15. The van der Waals surface area contributed by atoms with E-state index in [2.05, 4.69) is 6.07 Å². The second-order valence-electron chi connectivity index (χ2n) is 4.15. The van der Waals surface area contributed by atoms with E-state index >= 15 is 0 Å². The van der Waals surface area contributed by atoms with Crippen LogP contribution in [0.1, 0.15) is 30.4 Å². The Kier molecular flexibility index (Phi) is 5.46. The van der Waals surface area contributed by atoms with Crippen LogP contribution in [0.5, 0.6) is 0 Å². The molecule has 16 heavy (non-hydrogen) atoms. The van der Waals surface area contributed by atoms with E-state index in [1.54, 1.807) is 14.0 Å². The summed E-state index contributed by atoms with van der Waals surface area (Å²) in [7, 11) is 1.68. The Bertz CT molecular complexity index is 313. The van der Waals surface area contributed by atoms with Crippen LogP contribution in [0.3, 0.4) is 0 Å². The monoisotopic (exact) mass is 223 g/mol. The SMILES string of the molecule is COCc1ccccc1C(CN)CC(C)O. The van der Waals surface area contributed by atoms with Gasteiger partial charge in [0.15, 0.2) is 0 Å². The van der Waals surface area contributed by atoms with Crippen molar-refractivity contribution in [2.24, 2.45) is 5.73 Å². The first-order chi connectivity index (χ1) is 7.69. The van der Waals surface area contributed by atoms with Crippen molar-refractivity contribution < 1.29 is 9.84 Å². The Morgan fingerprint density at radius 2 is 2.06 bits per heavy atom. The van der Waals surface area contributed by atoms with Crippen LogP contribution in [0.15, 0.2) is 24.3 Å². The zero-order chi connectivity index (χ0) is 12.0. The van der Waals surface area contributed by atoms with E-state index in [1.165, 1.54) is 5.56 Å². The normalized spacial score (nSPS) is 14.8. The van der Waals surface area contributed by atoms with Gasteiger partial charge in [0.2, 0.25) is 0 Å². The van der Waals surface area contributed by atoms with E-state index < -0.39 is 0 Å². The highest BCUT2D eigenvalue weighted by atomic mass is 16.5. The first-order valence-electron chi connectivity index (χ1n) is 5.64. The second-order valence-corrected chi connectivity index (χ2v) is 4.15. The van der Waals surface area contributed by atoms with Crippen LogP contribution in [-0.4, -0.2) is 24.9 Å². The summed E-state index contributed by atoms with van der Waals surface area (Å²) in [6.07, 6.45) is 0.362. The molecule has 1 aromatic carbocycles. The molecule has 0 heterocycles. The lowest BCUT2D eigenvalue weighted by molar-refractivity contribution is 0.171. The summed E-state index contributed by atoms with van der Waals surface area (Å²) in [6.45, 7) is 2.93. The highest BCUT2D eigenvalue weighted by molar-refractivity contribution is 5.30. The summed E-state index contributed by atoms with van der Waals surface area (Å²) >= 11 is 0. The van der Waals surface area contributed by atoms with Gasteiger partial charge in [0.25, 0.3) is 0 Å². The maximum atomic E-state index is 9.45. The van der Waals surface area contributed by atoms with Crippen molar-refractivity contribution in [3.05, 3.63) is 35.4 Å². The molecule has 0 spiro atoms. The molecule has 0 saturated carbocycles. The molecule has 1 rings (SSSR count). The second kappa shape index (κ2) is 6.63. The van der Waals surface area contributed by atoms with E-state index in [4.69, 9.17) is 10.5 Å². The smallest absolute Gasteiger partial charge is 0.0715 e. The number of aliphatic hydroxyl groups excluding tert-OH is 1. The van der Waals surface area contributed by atoms with Crippen molar-refractivity contribution in [1.82, 2.24) is 0 Å². The van der Waals surface area contributed by atoms with Crippen molar-refractivity contribution in [3.8, 4) is 0 Å². The van der Waals surface area contributed by atoms with Crippen LogP contribution in [0.2, 0.25) is 0 Å². The third kappa shape index (κ3) is 3.59. The van der Waals surface area contributed by atoms with Crippen molar-refractivity contribution in [2.45, 2.75) is 32.0 Å². The number of methoxy groups -OCH3 is 1. The fourth-order valence-corrected chi connectivity index (χ4v) is 1.98. The number of ether oxygens (including phenoxy) is 1. The van der Waals surface area contributed by atoms with Gasteiger partial charge in [-0.25, -0.2) is 0 Å². The molecular weight excluding hydrogens is 202 g/mol. The third-order valence-corrected chi connectivity index (χ3v) is 2.70. The number of nitrogens with two attached hydrogens (primary N) is 1. The average molecular weight is 223 g/mol. The fourth-order valence-electron chi connectivity index (χ4n) is 1.98. The lowest BCUT2D eigenvalue weighted by atomic mass is 9.90. The predicted molar refractivity (Wildman–Crippen MR) is 65.2 cm³/mol. The molecule has 0 aromatic heterocycles. The molecule has 0 aliphatic rings. The Labute approximate surface area is 97.2 Å². The molecule has 0 bridgehead atoms. The van der Waals surface area contributed by atoms with E-state index in [1.807, 2.05) is 18.2 Å². The van der Waals surface area contributed by atoms with E-state index in [0.29, 0.717) is 19.6 Å². The minimum atomic E-state index is -0.329. The summed E-state index contributed by atoms with van der Waals surface area (Å²) in [4.78, 5) is 0. The molecule has 0 amide bonds. The van der Waals surface area contributed by atoms with Gasteiger partial charge in [0.1, 0.15) is 0 Å². The maximum absolute atomic E-state index is 9.45. The van der Waals surface area contributed by atoms with Gasteiger partial charge in [-0.05, 0) is 36.9 Å². The summed E-state index contributed by atoms with van der Waals surface area (Å²) in [6, 6.07) is 8.10. The van der Waals surface area contributed by atoms with Crippen molar-refractivity contribution in [1.29, 1.82) is 0 Å². The molecule has 3 N–H and O–H groups in total. The van der Waals surface area contributed by atoms with Crippen LogP contribution in [-0.2, 0) is 11.3 Å². The minimum Gasteiger partial charge on any atom is -0.393 e. The van der Waals surface area contributed by atoms with Gasteiger partial charge in [-0.1, -0.05) is 24.3 Å². The quantitative estimate of drug-likeness (QED) is 0.771. The lowest BCUT2D eigenvalue weighted by Gasteiger charge is -2.20. The average Bonchev–Trinajstić information content (AvgIpc) is 2.27. The van der Waals surface area contributed by atoms with Crippen LogP contribution in [0.4, 0.5) is 0 Å². The zero-order valence-electron chi connectivity index (χ0n) is 10.0. The standard InChI is InChI=1S/C13H21NO2/c1-10(15)7-12(8-14)13-6-4-3-5-11(13)9-16-2/h3-6,10,12,15H,7-9,14H2,1-2H3. The molecule has 90 valence electrons. The molecule has 0 aliphatic carbocycles. The Balaban J connectivity index is 2.89. The van der Waals surface area contributed by atoms with E-state index in [9.17, 15) is 5.11 Å². The molecule has 3 nitrogen and oxygen atoms in total. The number of aliphatic hydroxyl groups is 1. The van der Waals surface area contributed by atoms with Crippen LogP contribution >= 0.6 is 0 Å². The van der Waals surface area contributed by atoms with Crippen LogP contribution in [0, 0.1) is 0 Å². The van der Waals surface area contributed by atoms with Gasteiger partial charge in [-0.3, -0.25) is 0 Å². The molecular formula is C13H21NO2. The molecule has 2 unspecified atom stereocenters. The van der Waals surface area contributed by atoms with E-state index in [0.717, 1.165) is 5.56 Å². The molecule has 0 radical (unpaired) electrons. The topological polar surface area (TPSA) is 55.5 Å².